The molecule has 0 heterocycles. The van der Waals surface area contributed by atoms with E-state index in [9.17, 15) is 8.78 Å². The first kappa shape index (κ1) is 21.0. The number of rotatable bonds is 8. The van der Waals surface area contributed by atoms with E-state index in [0.717, 1.165) is 5.56 Å². The zero-order chi connectivity index (χ0) is 20.4. The van der Waals surface area contributed by atoms with E-state index in [4.69, 9.17) is 10.00 Å². The van der Waals surface area contributed by atoms with E-state index >= 15 is 0 Å². The number of methoxy groups -OCH3 is 1. The summed E-state index contributed by atoms with van der Waals surface area (Å²) in [7, 11) is 1.50. The summed E-state index contributed by atoms with van der Waals surface area (Å²) in [5.74, 6) is 1.12. The van der Waals surface area contributed by atoms with Crippen LogP contribution in [0.3, 0.4) is 0 Å². The van der Waals surface area contributed by atoms with E-state index in [-0.39, 0.29) is 12.3 Å². The van der Waals surface area contributed by atoms with Gasteiger partial charge in [0.15, 0.2) is 5.96 Å². The lowest BCUT2D eigenvalue weighted by atomic mass is 10.1. The Morgan fingerprint density at radius 2 is 2.04 bits per heavy atom. The molecule has 0 aromatic heterocycles. The van der Waals surface area contributed by atoms with Crippen LogP contribution in [0.2, 0.25) is 0 Å². The zero-order valence-corrected chi connectivity index (χ0v) is 15.7. The predicted molar refractivity (Wildman–Crippen MR) is 102 cm³/mol. The highest BCUT2D eigenvalue weighted by Crippen LogP contribution is 2.25. The van der Waals surface area contributed by atoms with E-state index in [1.165, 1.54) is 13.2 Å². The summed E-state index contributed by atoms with van der Waals surface area (Å²) < 4.78 is 35.0. The van der Waals surface area contributed by atoms with Gasteiger partial charge in [0.25, 0.3) is 0 Å². The van der Waals surface area contributed by atoms with Gasteiger partial charge in [-0.1, -0.05) is 12.1 Å². The maximum absolute atomic E-state index is 12.6. The van der Waals surface area contributed by atoms with Gasteiger partial charge in [0.05, 0.1) is 25.3 Å². The van der Waals surface area contributed by atoms with Crippen LogP contribution in [-0.2, 0) is 13.1 Å². The summed E-state index contributed by atoms with van der Waals surface area (Å²) in [5.41, 5.74) is 1.96. The van der Waals surface area contributed by atoms with Gasteiger partial charge >= 0.3 is 6.61 Å². The first-order valence-corrected chi connectivity index (χ1v) is 8.68. The summed E-state index contributed by atoms with van der Waals surface area (Å²) in [6.07, 6.45) is 0. The van der Waals surface area contributed by atoms with Crippen molar-refractivity contribution in [2.24, 2.45) is 4.99 Å². The molecule has 6 nitrogen and oxygen atoms in total. The van der Waals surface area contributed by atoms with Crippen LogP contribution in [0.15, 0.2) is 47.5 Å². The third kappa shape index (κ3) is 6.43. The monoisotopic (exact) mass is 388 g/mol. The molecule has 2 aromatic rings. The topological polar surface area (TPSA) is 78.7 Å². The number of alkyl halides is 2. The maximum Gasteiger partial charge on any atom is 0.387 e. The van der Waals surface area contributed by atoms with E-state index < -0.39 is 6.61 Å². The van der Waals surface area contributed by atoms with E-state index in [1.807, 2.05) is 13.0 Å². The minimum absolute atomic E-state index is 0.0702. The van der Waals surface area contributed by atoms with Gasteiger partial charge in [0.2, 0.25) is 0 Å². The van der Waals surface area contributed by atoms with Gasteiger partial charge in [-0.25, -0.2) is 4.99 Å². The molecule has 0 bridgehead atoms. The molecule has 8 heteroatoms. The van der Waals surface area contributed by atoms with Crippen molar-refractivity contribution in [1.29, 1.82) is 5.26 Å². The van der Waals surface area contributed by atoms with Crippen molar-refractivity contribution in [1.82, 2.24) is 10.6 Å². The zero-order valence-electron chi connectivity index (χ0n) is 15.7. The molecule has 0 atom stereocenters. The molecule has 0 aliphatic rings. The van der Waals surface area contributed by atoms with Gasteiger partial charge in [0.1, 0.15) is 11.5 Å². The molecule has 28 heavy (non-hydrogen) atoms. The molecule has 2 aromatic carbocycles. The van der Waals surface area contributed by atoms with E-state index in [0.29, 0.717) is 35.9 Å². The summed E-state index contributed by atoms with van der Waals surface area (Å²) in [5, 5.41) is 15.2. The van der Waals surface area contributed by atoms with Gasteiger partial charge in [-0.15, -0.1) is 0 Å². The molecule has 0 radical (unpaired) electrons. The Balaban J connectivity index is 2.12. The van der Waals surface area contributed by atoms with Crippen molar-refractivity contribution in [2.75, 3.05) is 13.7 Å². The van der Waals surface area contributed by atoms with E-state index in [2.05, 4.69) is 26.4 Å². The number of hydrogen-bond acceptors (Lipinski definition) is 4. The highest BCUT2D eigenvalue weighted by molar-refractivity contribution is 5.79. The van der Waals surface area contributed by atoms with Crippen LogP contribution in [0.25, 0.3) is 0 Å². The smallest absolute Gasteiger partial charge is 0.387 e. The Kier molecular flexibility index (Phi) is 8.03. The van der Waals surface area contributed by atoms with Crippen molar-refractivity contribution in [3.63, 3.8) is 0 Å². The summed E-state index contributed by atoms with van der Waals surface area (Å²) in [6.45, 7) is 0.209. The van der Waals surface area contributed by atoms with E-state index in [1.54, 1.807) is 30.3 Å². The molecular formula is C20H22F2N4O2. The Labute approximate surface area is 162 Å². The van der Waals surface area contributed by atoms with Gasteiger partial charge in [0, 0.05) is 18.7 Å². The lowest BCUT2D eigenvalue weighted by molar-refractivity contribution is -0.0504. The highest BCUT2D eigenvalue weighted by Gasteiger charge is 2.11. The minimum atomic E-state index is -2.92. The number of aliphatic imine (C=N–C) groups is 1. The predicted octanol–water partition coefficient (Wildman–Crippen LogP) is 3.42. The average molecular weight is 388 g/mol. The van der Waals surface area contributed by atoms with Gasteiger partial charge < -0.3 is 20.1 Å². The molecule has 0 fully saturated rings. The molecule has 2 rings (SSSR count). The number of nitrogens with one attached hydrogen (secondary N) is 2. The molecule has 0 unspecified atom stereocenters. The molecule has 0 amide bonds. The molecule has 2 N–H and O–H groups in total. The van der Waals surface area contributed by atoms with Gasteiger partial charge in [-0.3, -0.25) is 0 Å². The number of hydrogen-bond donors (Lipinski definition) is 2. The summed E-state index contributed by atoms with van der Waals surface area (Å²) in [6, 6.07) is 13.9. The lowest BCUT2D eigenvalue weighted by Crippen LogP contribution is -2.36. The second kappa shape index (κ2) is 10.7. The third-order valence-corrected chi connectivity index (χ3v) is 3.75. The number of nitriles is 1. The van der Waals surface area contributed by atoms with Crippen molar-refractivity contribution in [2.45, 2.75) is 26.6 Å². The number of nitrogens with zero attached hydrogens (tertiary/aromatic N) is 2. The first-order valence-electron chi connectivity index (χ1n) is 8.68. The van der Waals surface area contributed by atoms with Crippen molar-refractivity contribution in [3.05, 3.63) is 59.2 Å². The van der Waals surface area contributed by atoms with Crippen LogP contribution in [-0.4, -0.2) is 26.2 Å². The first-order chi connectivity index (χ1) is 13.5. The van der Waals surface area contributed by atoms with Crippen LogP contribution in [0.5, 0.6) is 11.5 Å². The standard InChI is InChI=1S/C20H22F2N4O2/c1-3-24-20(25-12-15-6-4-5-14(9-15)11-23)26-13-16-10-17(27-2)7-8-18(16)28-19(21)22/h4-10,19H,3,12-13H2,1-2H3,(H2,24,25,26). The molecule has 0 aliphatic carbocycles. The minimum Gasteiger partial charge on any atom is -0.497 e. The highest BCUT2D eigenvalue weighted by atomic mass is 19.3. The van der Waals surface area contributed by atoms with Gasteiger partial charge in [-0.05, 0) is 42.8 Å². The van der Waals surface area contributed by atoms with Crippen LogP contribution < -0.4 is 20.1 Å². The molecular weight excluding hydrogens is 366 g/mol. The maximum atomic E-state index is 12.6. The molecule has 148 valence electrons. The second-order valence-electron chi connectivity index (χ2n) is 5.71. The quantitative estimate of drug-likeness (QED) is 0.535. The Hall–Kier alpha value is -3.34. The van der Waals surface area contributed by atoms with Crippen molar-refractivity contribution < 1.29 is 18.3 Å². The van der Waals surface area contributed by atoms with Crippen LogP contribution in [0, 0.1) is 11.3 Å². The average Bonchev–Trinajstić information content (AvgIpc) is 2.70. The molecule has 0 saturated heterocycles. The molecule has 0 saturated carbocycles. The Morgan fingerprint density at radius 1 is 1.21 bits per heavy atom. The molecule has 0 spiro atoms. The van der Waals surface area contributed by atoms with Crippen LogP contribution in [0.4, 0.5) is 8.78 Å². The number of ether oxygens (including phenoxy) is 2. The number of halogens is 2. The largest absolute Gasteiger partial charge is 0.497 e. The Bertz CT molecular complexity index is 850. The fourth-order valence-electron chi connectivity index (χ4n) is 2.46. The van der Waals surface area contributed by atoms with Gasteiger partial charge in [-0.2, -0.15) is 14.0 Å². The van der Waals surface area contributed by atoms with Crippen LogP contribution in [0.1, 0.15) is 23.6 Å². The summed E-state index contributed by atoms with van der Waals surface area (Å²) in [4.78, 5) is 4.47. The van der Waals surface area contributed by atoms with Crippen molar-refractivity contribution in [3.8, 4) is 17.6 Å². The lowest BCUT2D eigenvalue weighted by Gasteiger charge is -2.15. The third-order valence-electron chi connectivity index (χ3n) is 3.75. The fraction of sp³-hybridized carbons (Fsp3) is 0.300. The fourth-order valence-corrected chi connectivity index (χ4v) is 2.46. The SMILES string of the molecule is CCNC(=NCc1cccc(C#N)c1)NCc1cc(OC)ccc1OC(F)F. The second-order valence-corrected chi connectivity index (χ2v) is 5.71. The van der Waals surface area contributed by atoms with Crippen LogP contribution >= 0.6 is 0 Å². The molecule has 0 aliphatic heterocycles. The number of benzene rings is 2. The summed E-state index contributed by atoms with van der Waals surface area (Å²) >= 11 is 0. The normalized spacial score (nSPS) is 11.1. The Morgan fingerprint density at radius 3 is 2.71 bits per heavy atom. The van der Waals surface area contributed by atoms with Crippen molar-refractivity contribution >= 4 is 5.96 Å². The number of guanidine groups is 1.